The van der Waals surface area contributed by atoms with E-state index in [-0.39, 0.29) is 6.03 Å². The summed E-state index contributed by atoms with van der Waals surface area (Å²) in [6.45, 7) is 0.834. The number of nitrogens with one attached hydrogen (secondary N) is 1. The van der Waals surface area contributed by atoms with Crippen LogP contribution in [0.1, 0.15) is 0 Å². The second-order valence-corrected chi connectivity index (χ2v) is 5.26. The molecule has 0 aliphatic carbocycles. The molecule has 0 radical (unpaired) electrons. The van der Waals surface area contributed by atoms with Crippen LogP contribution in [0.3, 0.4) is 0 Å². The summed E-state index contributed by atoms with van der Waals surface area (Å²) in [5, 5.41) is 3.26. The number of amides is 2. The van der Waals surface area contributed by atoms with E-state index in [9.17, 15) is 4.79 Å². The number of carbonyl (C=O) groups excluding carboxylic acids is 1. The van der Waals surface area contributed by atoms with Crippen LogP contribution in [0.25, 0.3) is 0 Å². The number of nitrogens with zero attached hydrogens (tertiary/aromatic N) is 1. The Labute approximate surface area is 140 Å². The highest BCUT2D eigenvalue weighted by Crippen LogP contribution is 2.20. The summed E-state index contributed by atoms with van der Waals surface area (Å²) >= 11 is 6.01. The molecule has 6 heteroatoms. The molecule has 0 heterocycles. The summed E-state index contributed by atoms with van der Waals surface area (Å²) in [5.41, 5.74) is 0.585. The Balaban J connectivity index is 1.78. The fourth-order valence-electron chi connectivity index (χ4n) is 1.85. The molecule has 2 amide bonds. The summed E-state index contributed by atoms with van der Waals surface area (Å²) in [7, 11) is 3.31. The van der Waals surface area contributed by atoms with Crippen molar-refractivity contribution in [3.8, 4) is 11.5 Å². The molecule has 0 aromatic heterocycles. The number of hydrogen-bond acceptors (Lipinski definition) is 3. The van der Waals surface area contributed by atoms with Gasteiger partial charge in [-0.25, -0.2) is 4.79 Å². The number of anilines is 1. The molecule has 122 valence electrons. The molecule has 0 bridgehead atoms. The minimum atomic E-state index is -0.239. The van der Waals surface area contributed by atoms with E-state index in [0.717, 1.165) is 11.5 Å². The average molecular weight is 335 g/mol. The Morgan fingerprint density at radius 3 is 2.43 bits per heavy atom. The molecule has 0 atom stereocenters. The zero-order valence-corrected chi connectivity index (χ0v) is 13.8. The molecular weight excluding hydrogens is 316 g/mol. The Bertz CT molecular complexity index is 647. The fourth-order valence-corrected chi connectivity index (χ4v) is 2.03. The fraction of sp³-hybridized carbons (Fsp3) is 0.235. The van der Waals surface area contributed by atoms with E-state index in [0.29, 0.717) is 23.9 Å². The van der Waals surface area contributed by atoms with Crippen molar-refractivity contribution < 1.29 is 14.3 Å². The lowest BCUT2D eigenvalue weighted by atomic mass is 10.3. The highest BCUT2D eigenvalue weighted by Gasteiger charge is 2.10. The Morgan fingerprint density at radius 2 is 1.78 bits per heavy atom. The van der Waals surface area contributed by atoms with Crippen LogP contribution in [-0.4, -0.2) is 38.2 Å². The number of hydrogen-bond donors (Lipinski definition) is 1. The first-order valence-corrected chi connectivity index (χ1v) is 7.51. The van der Waals surface area contributed by atoms with Gasteiger partial charge >= 0.3 is 6.03 Å². The van der Waals surface area contributed by atoms with Gasteiger partial charge in [0, 0.05) is 7.05 Å². The van der Waals surface area contributed by atoms with Crippen LogP contribution in [-0.2, 0) is 0 Å². The quantitative estimate of drug-likeness (QED) is 0.871. The number of benzene rings is 2. The number of ether oxygens (including phenoxy) is 2. The van der Waals surface area contributed by atoms with Crippen LogP contribution in [0, 0.1) is 0 Å². The molecule has 1 N–H and O–H groups in total. The predicted octanol–water partition coefficient (Wildman–Crippen LogP) is 3.89. The number of carbonyl (C=O) groups is 1. The van der Waals surface area contributed by atoms with Gasteiger partial charge in [0.15, 0.2) is 0 Å². The van der Waals surface area contributed by atoms with Gasteiger partial charge in [-0.3, -0.25) is 0 Å². The average Bonchev–Trinajstić information content (AvgIpc) is 2.57. The highest BCUT2D eigenvalue weighted by atomic mass is 35.5. The first-order valence-electron chi connectivity index (χ1n) is 7.13. The van der Waals surface area contributed by atoms with Crippen LogP contribution < -0.4 is 14.8 Å². The van der Waals surface area contributed by atoms with Gasteiger partial charge < -0.3 is 19.7 Å². The number of likely N-dealkylation sites (N-methyl/N-ethyl adjacent to an activating group) is 1. The summed E-state index contributed by atoms with van der Waals surface area (Å²) < 4.78 is 10.7. The molecule has 0 saturated heterocycles. The van der Waals surface area contributed by atoms with E-state index in [2.05, 4.69) is 5.32 Å². The van der Waals surface area contributed by atoms with Crippen molar-refractivity contribution in [2.75, 3.05) is 32.6 Å². The maximum Gasteiger partial charge on any atom is 0.321 e. The molecule has 2 rings (SSSR count). The second-order valence-electron chi connectivity index (χ2n) is 4.86. The van der Waals surface area contributed by atoms with Crippen LogP contribution in [0.4, 0.5) is 10.5 Å². The van der Waals surface area contributed by atoms with E-state index >= 15 is 0 Å². The van der Waals surface area contributed by atoms with Gasteiger partial charge in [0.25, 0.3) is 0 Å². The van der Waals surface area contributed by atoms with Crippen molar-refractivity contribution >= 4 is 23.3 Å². The van der Waals surface area contributed by atoms with Crippen molar-refractivity contribution in [1.29, 1.82) is 0 Å². The minimum absolute atomic E-state index is 0.239. The highest BCUT2D eigenvalue weighted by molar-refractivity contribution is 6.33. The number of urea groups is 1. The van der Waals surface area contributed by atoms with Crippen molar-refractivity contribution in [2.45, 2.75) is 0 Å². The maximum atomic E-state index is 12.1. The monoisotopic (exact) mass is 334 g/mol. The van der Waals surface area contributed by atoms with E-state index < -0.39 is 0 Å². The molecule has 0 aliphatic rings. The van der Waals surface area contributed by atoms with Gasteiger partial charge in [-0.2, -0.15) is 0 Å². The number of halogens is 1. The molecule has 0 saturated carbocycles. The molecule has 2 aromatic carbocycles. The third-order valence-corrected chi connectivity index (χ3v) is 3.55. The van der Waals surface area contributed by atoms with E-state index in [1.165, 1.54) is 4.90 Å². The van der Waals surface area contributed by atoms with Gasteiger partial charge in [-0.1, -0.05) is 23.7 Å². The summed E-state index contributed by atoms with van der Waals surface area (Å²) in [4.78, 5) is 13.6. The van der Waals surface area contributed by atoms with Gasteiger partial charge in [0.2, 0.25) is 0 Å². The Morgan fingerprint density at radius 1 is 1.13 bits per heavy atom. The van der Waals surface area contributed by atoms with Gasteiger partial charge in [-0.05, 0) is 36.4 Å². The normalized spacial score (nSPS) is 10.0. The molecular formula is C17H19ClN2O3. The summed E-state index contributed by atoms with van der Waals surface area (Å²) in [6.07, 6.45) is 0. The van der Waals surface area contributed by atoms with Crippen LogP contribution in [0.5, 0.6) is 11.5 Å². The lowest BCUT2D eigenvalue weighted by molar-refractivity contribution is 0.207. The maximum absolute atomic E-state index is 12.1. The van der Waals surface area contributed by atoms with Crippen molar-refractivity contribution in [3.05, 3.63) is 53.6 Å². The molecule has 0 fully saturated rings. The zero-order chi connectivity index (χ0) is 16.7. The van der Waals surface area contributed by atoms with Crippen LogP contribution in [0.2, 0.25) is 5.02 Å². The predicted molar refractivity (Wildman–Crippen MR) is 91.6 cm³/mol. The molecule has 0 unspecified atom stereocenters. The minimum Gasteiger partial charge on any atom is -0.497 e. The van der Waals surface area contributed by atoms with Gasteiger partial charge in [0.1, 0.15) is 18.1 Å². The van der Waals surface area contributed by atoms with Crippen molar-refractivity contribution in [3.63, 3.8) is 0 Å². The Hall–Kier alpha value is -2.40. The lowest BCUT2D eigenvalue weighted by Gasteiger charge is -2.18. The van der Waals surface area contributed by atoms with Crippen LogP contribution >= 0.6 is 11.6 Å². The van der Waals surface area contributed by atoms with Crippen molar-refractivity contribution in [2.24, 2.45) is 0 Å². The molecule has 0 spiro atoms. The lowest BCUT2D eigenvalue weighted by Crippen LogP contribution is -2.34. The molecule has 2 aromatic rings. The molecule has 0 aliphatic heterocycles. The third kappa shape index (κ3) is 5.07. The summed E-state index contributed by atoms with van der Waals surface area (Å²) in [6, 6.07) is 14.2. The SMILES string of the molecule is COc1ccc(OCCN(C)C(=O)Nc2ccccc2Cl)cc1. The Kier molecular flexibility index (Phi) is 6.11. The van der Waals surface area contributed by atoms with E-state index in [1.54, 1.807) is 26.3 Å². The van der Waals surface area contributed by atoms with Crippen molar-refractivity contribution in [1.82, 2.24) is 4.90 Å². The standard InChI is InChI=1S/C17H19ClN2O3/c1-20(17(21)19-16-6-4-3-5-15(16)18)11-12-23-14-9-7-13(22-2)8-10-14/h3-10H,11-12H2,1-2H3,(H,19,21). The van der Waals surface area contributed by atoms with E-state index in [4.69, 9.17) is 21.1 Å². The molecule has 23 heavy (non-hydrogen) atoms. The third-order valence-electron chi connectivity index (χ3n) is 3.22. The molecule has 5 nitrogen and oxygen atoms in total. The largest absolute Gasteiger partial charge is 0.497 e. The van der Waals surface area contributed by atoms with Gasteiger partial charge in [-0.15, -0.1) is 0 Å². The zero-order valence-electron chi connectivity index (χ0n) is 13.1. The smallest absolute Gasteiger partial charge is 0.321 e. The van der Waals surface area contributed by atoms with E-state index in [1.807, 2.05) is 36.4 Å². The summed E-state index contributed by atoms with van der Waals surface area (Å²) in [5.74, 6) is 1.50. The van der Waals surface area contributed by atoms with Gasteiger partial charge in [0.05, 0.1) is 24.4 Å². The first kappa shape index (κ1) is 17.0. The number of para-hydroxylation sites is 1. The first-order chi connectivity index (χ1) is 11.1. The second kappa shape index (κ2) is 8.29. The topological polar surface area (TPSA) is 50.8 Å². The number of rotatable bonds is 6. The number of methoxy groups -OCH3 is 1. The van der Waals surface area contributed by atoms with Crippen LogP contribution in [0.15, 0.2) is 48.5 Å².